The Kier molecular flexibility index (Phi) is 5.79. The summed E-state index contributed by atoms with van der Waals surface area (Å²) in [4.78, 5) is 4.29. The maximum absolute atomic E-state index is 4.29. The average molecular weight is 638 g/mol. The monoisotopic (exact) mass is 637 g/mol. The molecule has 3 aromatic heterocycles. The molecule has 0 saturated heterocycles. The minimum absolute atomic E-state index is 1.08. The van der Waals surface area contributed by atoms with Crippen molar-refractivity contribution in [2.24, 2.45) is 0 Å². The number of para-hydroxylation sites is 2. The standard InChI is InChI=1S/C47H31N3/c1-2-11-36-34(9-1)35-10-3-4-12-37(35)42-29-33(19-21-38(36)42)50-45-16-8-6-14-40(45)43-27-30(18-22-46(43)50)31-17-20-41-39-13-5-7-15-44(39)49(47(41)28-31)32-23-25-48-26-24-32/h1,3-10,12-29H,2,11H2. The van der Waals surface area contributed by atoms with Crippen molar-refractivity contribution in [2.75, 3.05) is 0 Å². The van der Waals surface area contributed by atoms with Gasteiger partial charge in [-0.25, -0.2) is 0 Å². The average Bonchev–Trinajstić information content (AvgIpc) is 3.70. The molecule has 234 valence electrons. The largest absolute Gasteiger partial charge is 0.309 e. The Bertz CT molecular complexity index is 3030. The summed E-state index contributed by atoms with van der Waals surface area (Å²) < 4.78 is 4.81. The molecule has 0 spiro atoms. The molecular weight excluding hydrogens is 607 g/mol. The summed E-state index contributed by atoms with van der Waals surface area (Å²) in [7, 11) is 0. The summed E-state index contributed by atoms with van der Waals surface area (Å²) in [5.41, 5.74) is 12.4. The van der Waals surface area contributed by atoms with Gasteiger partial charge in [0.25, 0.3) is 0 Å². The number of aromatic nitrogens is 3. The van der Waals surface area contributed by atoms with Gasteiger partial charge in [0, 0.05) is 45.3 Å². The van der Waals surface area contributed by atoms with Gasteiger partial charge < -0.3 is 9.13 Å². The van der Waals surface area contributed by atoms with Gasteiger partial charge in [-0.2, -0.15) is 0 Å². The number of aryl methyl sites for hydroxylation is 1. The fourth-order valence-corrected chi connectivity index (χ4v) is 8.66. The summed E-state index contributed by atoms with van der Waals surface area (Å²) in [6.07, 6.45) is 10.6. The maximum Gasteiger partial charge on any atom is 0.0547 e. The molecule has 0 atom stereocenters. The van der Waals surface area contributed by atoms with E-state index in [1.54, 1.807) is 0 Å². The van der Waals surface area contributed by atoms with E-state index >= 15 is 0 Å². The van der Waals surface area contributed by atoms with E-state index in [-0.39, 0.29) is 0 Å². The summed E-state index contributed by atoms with van der Waals surface area (Å²) in [5, 5.41) is 10.4. The van der Waals surface area contributed by atoms with Crippen LogP contribution in [0.3, 0.4) is 0 Å². The lowest BCUT2D eigenvalue weighted by Crippen LogP contribution is -1.99. The van der Waals surface area contributed by atoms with E-state index in [0.717, 1.165) is 18.5 Å². The van der Waals surface area contributed by atoms with Gasteiger partial charge in [0.15, 0.2) is 0 Å². The molecule has 3 heteroatoms. The number of hydrogen-bond donors (Lipinski definition) is 0. The van der Waals surface area contributed by atoms with Crippen molar-refractivity contribution in [3.8, 4) is 22.5 Å². The number of rotatable bonds is 3. The van der Waals surface area contributed by atoms with Crippen molar-refractivity contribution in [1.29, 1.82) is 0 Å². The van der Waals surface area contributed by atoms with Crippen LogP contribution in [0.1, 0.15) is 17.5 Å². The van der Waals surface area contributed by atoms with Crippen LogP contribution >= 0.6 is 0 Å². The van der Waals surface area contributed by atoms with Crippen LogP contribution < -0.4 is 0 Å². The van der Waals surface area contributed by atoms with Gasteiger partial charge >= 0.3 is 0 Å². The van der Waals surface area contributed by atoms with Crippen molar-refractivity contribution in [3.63, 3.8) is 0 Å². The highest BCUT2D eigenvalue weighted by Gasteiger charge is 2.19. The minimum Gasteiger partial charge on any atom is -0.309 e. The van der Waals surface area contributed by atoms with Crippen LogP contribution in [0, 0.1) is 0 Å². The molecule has 0 amide bonds. The van der Waals surface area contributed by atoms with E-state index in [1.165, 1.54) is 93.1 Å². The Morgan fingerprint density at radius 3 is 1.86 bits per heavy atom. The summed E-state index contributed by atoms with van der Waals surface area (Å²) in [6.45, 7) is 0. The number of pyridine rings is 1. The molecule has 0 unspecified atom stereocenters. The number of hydrogen-bond acceptors (Lipinski definition) is 1. The quantitative estimate of drug-likeness (QED) is 0.177. The minimum atomic E-state index is 1.08. The van der Waals surface area contributed by atoms with Crippen LogP contribution in [-0.4, -0.2) is 14.1 Å². The molecule has 0 radical (unpaired) electrons. The topological polar surface area (TPSA) is 22.8 Å². The van der Waals surface area contributed by atoms with Crippen molar-refractivity contribution in [3.05, 3.63) is 169 Å². The van der Waals surface area contributed by atoms with Gasteiger partial charge in [-0.3, -0.25) is 4.98 Å². The Labute approximate surface area is 289 Å². The van der Waals surface area contributed by atoms with Gasteiger partial charge in [-0.15, -0.1) is 0 Å². The summed E-state index contributed by atoms with van der Waals surface area (Å²) in [6, 6.07) is 51.6. The first-order chi connectivity index (χ1) is 24.8. The van der Waals surface area contributed by atoms with Crippen LogP contribution in [0.25, 0.3) is 93.7 Å². The second kappa shape index (κ2) is 10.5. The number of nitrogens with zero attached hydrogens (tertiary/aromatic N) is 3. The van der Waals surface area contributed by atoms with E-state index in [2.05, 4.69) is 166 Å². The molecule has 0 saturated carbocycles. The first-order valence-electron chi connectivity index (χ1n) is 17.4. The van der Waals surface area contributed by atoms with Gasteiger partial charge in [-0.05, 0) is 111 Å². The normalized spacial score (nSPS) is 13.0. The lowest BCUT2D eigenvalue weighted by molar-refractivity contribution is 1.00. The third kappa shape index (κ3) is 3.89. The highest BCUT2D eigenvalue weighted by atomic mass is 15.0. The lowest BCUT2D eigenvalue weighted by atomic mass is 9.86. The van der Waals surface area contributed by atoms with Crippen LogP contribution in [0.2, 0.25) is 0 Å². The molecule has 7 aromatic carbocycles. The molecule has 10 aromatic rings. The smallest absolute Gasteiger partial charge is 0.0547 e. The highest BCUT2D eigenvalue weighted by molar-refractivity contribution is 6.15. The fourth-order valence-electron chi connectivity index (χ4n) is 8.66. The zero-order chi connectivity index (χ0) is 32.8. The Morgan fingerprint density at radius 1 is 0.420 bits per heavy atom. The predicted molar refractivity (Wildman–Crippen MR) is 211 cm³/mol. The second-order valence-electron chi connectivity index (χ2n) is 13.5. The summed E-state index contributed by atoms with van der Waals surface area (Å²) >= 11 is 0. The molecule has 0 N–H and O–H groups in total. The number of benzene rings is 7. The third-order valence-corrected chi connectivity index (χ3v) is 10.9. The molecule has 0 aliphatic heterocycles. The van der Waals surface area contributed by atoms with E-state index in [0.29, 0.717) is 0 Å². The lowest BCUT2D eigenvalue weighted by Gasteiger charge is -2.19. The zero-order valence-corrected chi connectivity index (χ0v) is 27.3. The Balaban J connectivity index is 1.12. The molecule has 1 aliphatic rings. The Morgan fingerprint density at radius 2 is 1.04 bits per heavy atom. The molecule has 1 aliphatic carbocycles. The first-order valence-corrected chi connectivity index (χ1v) is 17.4. The van der Waals surface area contributed by atoms with Crippen LogP contribution in [0.5, 0.6) is 0 Å². The van der Waals surface area contributed by atoms with Crippen LogP contribution in [-0.2, 0) is 6.42 Å². The molecule has 3 nitrogen and oxygen atoms in total. The van der Waals surface area contributed by atoms with Gasteiger partial charge in [-0.1, -0.05) is 97.1 Å². The van der Waals surface area contributed by atoms with Gasteiger partial charge in [0.1, 0.15) is 0 Å². The Hall–Kier alpha value is -6.45. The van der Waals surface area contributed by atoms with Crippen molar-refractivity contribution in [1.82, 2.24) is 14.1 Å². The van der Waals surface area contributed by atoms with E-state index in [9.17, 15) is 0 Å². The fraction of sp³-hybridized carbons (Fsp3) is 0.0426. The molecule has 0 fully saturated rings. The van der Waals surface area contributed by atoms with E-state index in [1.807, 2.05) is 12.4 Å². The SMILES string of the molecule is C1=Cc2c(c3ccc(-n4c5ccccc5c5cc(-c6ccc7c8ccccc8n(-c8ccncc8)c7c6)ccc54)cc3c3ccccc23)CC1. The predicted octanol–water partition coefficient (Wildman–Crippen LogP) is 12.2. The van der Waals surface area contributed by atoms with Crippen LogP contribution in [0.4, 0.5) is 0 Å². The zero-order valence-electron chi connectivity index (χ0n) is 27.3. The van der Waals surface area contributed by atoms with Crippen LogP contribution in [0.15, 0.2) is 158 Å². The first kappa shape index (κ1) is 27.5. The van der Waals surface area contributed by atoms with Gasteiger partial charge in [0.05, 0.1) is 22.1 Å². The number of allylic oxidation sites excluding steroid dienone is 1. The number of fused-ring (bicyclic) bond motifs is 12. The van der Waals surface area contributed by atoms with E-state index in [4.69, 9.17) is 0 Å². The van der Waals surface area contributed by atoms with Crippen molar-refractivity contribution >= 4 is 71.2 Å². The molecule has 3 heterocycles. The molecule has 11 rings (SSSR count). The molecule has 0 bridgehead atoms. The summed E-state index contributed by atoms with van der Waals surface area (Å²) in [5.74, 6) is 0. The van der Waals surface area contributed by atoms with Gasteiger partial charge in [0.2, 0.25) is 0 Å². The van der Waals surface area contributed by atoms with Crippen molar-refractivity contribution in [2.45, 2.75) is 12.8 Å². The molecular formula is C47H31N3. The van der Waals surface area contributed by atoms with E-state index < -0.39 is 0 Å². The highest BCUT2D eigenvalue weighted by Crippen LogP contribution is 2.41. The van der Waals surface area contributed by atoms with Crippen molar-refractivity contribution < 1.29 is 0 Å². The maximum atomic E-state index is 4.29. The third-order valence-electron chi connectivity index (χ3n) is 10.9. The molecule has 50 heavy (non-hydrogen) atoms. The second-order valence-corrected chi connectivity index (χ2v) is 13.5.